The van der Waals surface area contributed by atoms with Crippen molar-refractivity contribution in [2.75, 3.05) is 14.2 Å². The number of hydrogen-bond donors (Lipinski definition) is 2. The summed E-state index contributed by atoms with van der Waals surface area (Å²) in [6.07, 6.45) is -2.33. The number of Topliss-reactive ketones (excluding diaryl/α,β-unsaturated/α-hetero) is 2. The van der Waals surface area contributed by atoms with Gasteiger partial charge in [-0.2, -0.15) is 0 Å². The fourth-order valence-electron chi connectivity index (χ4n) is 3.79. The Hall–Kier alpha value is -2.78. The third kappa shape index (κ3) is 2.39. The van der Waals surface area contributed by atoms with Crippen LogP contribution in [0.25, 0.3) is 0 Å². The molecule has 0 spiro atoms. The maximum absolute atomic E-state index is 12.7. The molecule has 2 bridgehead atoms. The summed E-state index contributed by atoms with van der Waals surface area (Å²) < 4.78 is 8.91. The molecule has 0 unspecified atom stereocenters. The molecule has 10 heteroatoms. The molecule has 4 atom stereocenters. The third-order valence-electron chi connectivity index (χ3n) is 5.08. The molecule has 25 heavy (non-hydrogen) atoms. The number of methoxy groups -OCH3 is 2. The highest BCUT2D eigenvalue weighted by atomic mass is 16.5. The number of carbonyl (C=O) groups is 6. The van der Waals surface area contributed by atoms with Crippen molar-refractivity contribution >= 4 is 35.4 Å². The molecule has 2 saturated carbocycles. The van der Waals surface area contributed by atoms with Crippen LogP contribution in [0.15, 0.2) is 0 Å². The molecule has 0 aromatic heterocycles. The minimum absolute atomic E-state index is 0.755. The Kier molecular flexibility index (Phi) is 4.41. The quantitative estimate of drug-likeness (QED) is 0.474. The second-order valence-corrected chi connectivity index (χ2v) is 6.24. The van der Waals surface area contributed by atoms with Gasteiger partial charge < -0.3 is 19.7 Å². The van der Waals surface area contributed by atoms with Gasteiger partial charge in [0.25, 0.3) is 0 Å². The molecule has 136 valence electrons. The Labute approximate surface area is 141 Å². The van der Waals surface area contributed by atoms with Crippen LogP contribution in [0.2, 0.25) is 0 Å². The van der Waals surface area contributed by atoms with E-state index in [1.165, 1.54) is 0 Å². The lowest BCUT2D eigenvalue weighted by atomic mass is 9.48. The first-order chi connectivity index (χ1) is 11.6. The van der Waals surface area contributed by atoms with E-state index in [1.54, 1.807) is 0 Å². The van der Waals surface area contributed by atoms with Gasteiger partial charge in [-0.25, -0.2) is 0 Å². The first kappa shape index (κ1) is 18.6. The van der Waals surface area contributed by atoms with Gasteiger partial charge in [0.2, 0.25) is 0 Å². The number of fused-ring (bicyclic) bond motifs is 2. The van der Waals surface area contributed by atoms with E-state index in [4.69, 9.17) is 0 Å². The number of aliphatic carboxylic acids is 2. The van der Waals surface area contributed by atoms with Crippen molar-refractivity contribution in [2.45, 2.75) is 19.3 Å². The average molecular weight is 356 g/mol. The molecule has 0 aromatic carbocycles. The lowest BCUT2D eigenvalue weighted by molar-refractivity contribution is -0.186. The molecule has 0 amide bonds. The molecule has 2 aliphatic carbocycles. The minimum atomic E-state index is -2.36. The Balaban J connectivity index is 2.71. The highest BCUT2D eigenvalue weighted by molar-refractivity contribution is 6.20. The zero-order valence-corrected chi connectivity index (χ0v) is 13.4. The van der Waals surface area contributed by atoms with E-state index in [1.807, 2.05) is 0 Å². The van der Waals surface area contributed by atoms with Crippen molar-refractivity contribution < 1.29 is 48.5 Å². The second kappa shape index (κ2) is 5.94. The molecular weight excluding hydrogens is 340 g/mol. The van der Waals surface area contributed by atoms with E-state index in [9.17, 15) is 39.0 Å². The number of ketones is 2. The van der Waals surface area contributed by atoms with Crippen LogP contribution in [-0.4, -0.2) is 59.9 Å². The van der Waals surface area contributed by atoms with E-state index in [0.717, 1.165) is 14.2 Å². The molecule has 0 aliphatic heterocycles. The van der Waals surface area contributed by atoms with Crippen molar-refractivity contribution in [1.82, 2.24) is 0 Å². The van der Waals surface area contributed by atoms with Gasteiger partial charge in [-0.05, 0) is 19.3 Å². The number of ether oxygens (including phenoxy) is 2. The second-order valence-electron chi connectivity index (χ2n) is 6.24. The van der Waals surface area contributed by atoms with E-state index in [0.29, 0.717) is 0 Å². The van der Waals surface area contributed by atoms with Gasteiger partial charge in [0.05, 0.1) is 14.2 Å². The number of esters is 2. The molecule has 2 aliphatic rings. The fourth-order valence-corrected chi connectivity index (χ4v) is 3.79. The van der Waals surface area contributed by atoms with Gasteiger partial charge in [0.1, 0.15) is 22.7 Å². The molecule has 0 radical (unpaired) electrons. The van der Waals surface area contributed by atoms with Crippen molar-refractivity contribution in [3.63, 3.8) is 0 Å². The van der Waals surface area contributed by atoms with Crippen LogP contribution in [0.3, 0.4) is 0 Å². The van der Waals surface area contributed by atoms with Crippen molar-refractivity contribution in [3.05, 3.63) is 0 Å². The lowest BCUT2D eigenvalue weighted by Gasteiger charge is -2.49. The highest BCUT2D eigenvalue weighted by Gasteiger charge is 2.71. The Bertz CT molecular complexity index is 636. The SMILES string of the molecule is COC(=O)[C@@H]1C[C@]2(C(=O)O)C[C@@](C(=O)O)(C[C@@H](C(=O)OC)C2=O)C1=O. The Morgan fingerprint density at radius 1 is 0.840 bits per heavy atom. The van der Waals surface area contributed by atoms with Gasteiger partial charge in [-0.3, -0.25) is 28.8 Å². The molecule has 10 nitrogen and oxygen atoms in total. The van der Waals surface area contributed by atoms with Gasteiger partial charge in [0, 0.05) is 0 Å². The van der Waals surface area contributed by atoms with Crippen molar-refractivity contribution in [3.8, 4) is 0 Å². The fraction of sp³-hybridized carbons (Fsp3) is 0.600. The van der Waals surface area contributed by atoms with E-state index >= 15 is 0 Å². The summed E-state index contributed by atoms with van der Waals surface area (Å²) in [5.74, 6) is -11.2. The smallest absolute Gasteiger partial charge is 0.317 e. The van der Waals surface area contributed by atoms with Crippen LogP contribution in [0.5, 0.6) is 0 Å². The normalized spacial score (nSPS) is 34.2. The van der Waals surface area contributed by atoms with Gasteiger partial charge >= 0.3 is 23.9 Å². The molecular formula is C15H16O10. The molecule has 2 fully saturated rings. The number of rotatable bonds is 4. The zero-order chi connectivity index (χ0) is 19.2. The summed E-state index contributed by atoms with van der Waals surface area (Å²) in [4.78, 5) is 72.9. The maximum atomic E-state index is 12.7. The van der Waals surface area contributed by atoms with Crippen LogP contribution < -0.4 is 0 Å². The first-order valence-electron chi connectivity index (χ1n) is 7.28. The highest BCUT2D eigenvalue weighted by Crippen LogP contribution is 2.56. The average Bonchev–Trinajstić information content (AvgIpc) is 2.58. The Morgan fingerprint density at radius 3 is 1.40 bits per heavy atom. The third-order valence-corrected chi connectivity index (χ3v) is 5.08. The molecule has 0 saturated heterocycles. The largest absolute Gasteiger partial charge is 0.480 e. The van der Waals surface area contributed by atoms with Crippen molar-refractivity contribution in [2.24, 2.45) is 22.7 Å². The molecule has 2 rings (SSSR count). The predicted octanol–water partition coefficient (Wildman–Crippen LogP) is -0.957. The number of carboxylic acid groups (broad SMARTS) is 2. The topological polar surface area (TPSA) is 161 Å². The predicted molar refractivity (Wildman–Crippen MR) is 75.0 cm³/mol. The summed E-state index contributed by atoms with van der Waals surface area (Å²) in [6, 6.07) is 0. The zero-order valence-electron chi connectivity index (χ0n) is 13.4. The van der Waals surface area contributed by atoms with E-state index in [-0.39, 0.29) is 0 Å². The Morgan fingerprint density at radius 2 is 1.16 bits per heavy atom. The lowest BCUT2D eigenvalue weighted by Crippen LogP contribution is -2.65. The van der Waals surface area contributed by atoms with Gasteiger partial charge in [-0.1, -0.05) is 0 Å². The van der Waals surface area contributed by atoms with Crippen LogP contribution in [0, 0.1) is 22.7 Å². The van der Waals surface area contributed by atoms with Crippen LogP contribution in [0.4, 0.5) is 0 Å². The summed E-state index contributed by atoms with van der Waals surface area (Å²) in [5, 5.41) is 19.2. The molecule has 0 heterocycles. The maximum Gasteiger partial charge on any atom is 0.317 e. The summed E-state index contributed by atoms with van der Waals surface area (Å²) in [6.45, 7) is 0. The van der Waals surface area contributed by atoms with Crippen LogP contribution >= 0.6 is 0 Å². The van der Waals surface area contributed by atoms with Gasteiger partial charge in [-0.15, -0.1) is 0 Å². The summed E-state index contributed by atoms with van der Waals surface area (Å²) in [7, 11) is 1.92. The summed E-state index contributed by atoms with van der Waals surface area (Å²) in [5.41, 5.74) is -4.72. The molecule has 0 aromatic rings. The number of carbonyl (C=O) groups excluding carboxylic acids is 4. The van der Waals surface area contributed by atoms with Crippen LogP contribution in [-0.2, 0) is 38.2 Å². The van der Waals surface area contributed by atoms with Gasteiger partial charge in [0.15, 0.2) is 11.6 Å². The molecule has 2 N–H and O–H groups in total. The monoisotopic (exact) mass is 356 g/mol. The number of hydrogen-bond acceptors (Lipinski definition) is 8. The minimum Gasteiger partial charge on any atom is -0.480 e. The summed E-state index contributed by atoms with van der Waals surface area (Å²) >= 11 is 0. The number of carboxylic acids is 2. The first-order valence-corrected chi connectivity index (χ1v) is 7.28. The van der Waals surface area contributed by atoms with Crippen molar-refractivity contribution in [1.29, 1.82) is 0 Å². The standard InChI is InChI=1S/C15H16O10/c1-24-10(18)6-3-14(12(20)21)5-15(8(6)16,13(22)23)4-7(9(14)17)11(19)25-2/h6-7H,3-5H2,1-2H3,(H,20,21)(H,22,23)/t6-,7-,14+,15+/m1/s1. The van der Waals surface area contributed by atoms with E-state index in [2.05, 4.69) is 9.47 Å². The van der Waals surface area contributed by atoms with E-state index < -0.39 is 77.4 Å². The van der Waals surface area contributed by atoms with Crippen LogP contribution in [0.1, 0.15) is 19.3 Å².